The molecule has 6 heteroatoms. The van der Waals surface area contributed by atoms with Gasteiger partial charge in [0.1, 0.15) is 12.8 Å². The maximum atomic E-state index is 11.9. The van der Waals surface area contributed by atoms with Crippen LogP contribution in [0, 0.1) is 0 Å². The van der Waals surface area contributed by atoms with Crippen LogP contribution in [0.15, 0.2) is 60.7 Å². The highest BCUT2D eigenvalue weighted by Crippen LogP contribution is 2.24. The van der Waals surface area contributed by atoms with Crippen LogP contribution in [0.5, 0.6) is 0 Å². The third-order valence-corrected chi connectivity index (χ3v) is 3.42. The molecule has 6 nitrogen and oxygen atoms in total. The van der Waals surface area contributed by atoms with Gasteiger partial charge in [-0.25, -0.2) is 9.59 Å². The van der Waals surface area contributed by atoms with Crippen molar-refractivity contribution in [1.82, 2.24) is 10.6 Å². The molecule has 118 valence electrons. The Bertz CT molecular complexity index is 676. The molecule has 2 atom stereocenters. The van der Waals surface area contributed by atoms with Crippen molar-refractivity contribution in [2.45, 2.75) is 18.9 Å². The first-order valence-electron chi connectivity index (χ1n) is 7.22. The summed E-state index contributed by atoms with van der Waals surface area (Å²) in [5, 5.41) is 5.17. The fraction of sp³-hybridized carbons (Fsp3) is 0.176. The molecule has 0 bridgehead atoms. The number of ether oxygens (including phenoxy) is 2. The maximum Gasteiger partial charge on any atom is 0.409 e. The van der Waals surface area contributed by atoms with Gasteiger partial charge in [0.25, 0.3) is 0 Å². The molecule has 1 aliphatic heterocycles. The van der Waals surface area contributed by atoms with Gasteiger partial charge < -0.3 is 9.47 Å². The molecular weight excluding hydrogens is 296 g/mol. The van der Waals surface area contributed by atoms with Crippen LogP contribution in [0.1, 0.15) is 17.2 Å². The van der Waals surface area contributed by atoms with E-state index in [4.69, 9.17) is 9.47 Å². The average molecular weight is 312 g/mol. The van der Waals surface area contributed by atoms with Gasteiger partial charge in [0, 0.05) is 0 Å². The van der Waals surface area contributed by atoms with E-state index in [0.717, 1.165) is 11.1 Å². The first-order valence-corrected chi connectivity index (χ1v) is 7.22. The van der Waals surface area contributed by atoms with E-state index < -0.39 is 24.5 Å². The van der Waals surface area contributed by atoms with Gasteiger partial charge in [-0.3, -0.25) is 10.6 Å². The molecule has 1 fully saturated rings. The quantitative estimate of drug-likeness (QED) is 0.910. The van der Waals surface area contributed by atoms with Crippen molar-refractivity contribution in [2.24, 2.45) is 0 Å². The lowest BCUT2D eigenvalue weighted by molar-refractivity contribution is 0.111. The number of rotatable bonds is 4. The van der Waals surface area contributed by atoms with E-state index in [9.17, 15) is 9.59 Å². The second-order valence-electron chi connectivity index (χ2n) is 5.06. The number of nitrogens with one attached hydrogen (secondary N) is 2. The van der Waals surface area contributed by atoms with Crippen molar-refractivity contribution in [3.63, 3.8) is 0 Å². The zero-order valence-electron chi connectivity index (χ0n) is 12.3. The molecule has 2 aromatic carbocycles. The number of alkyl carbamates (subject to hydrolysis) is 2. The lowest BCUT2D eigenvalue weighted by atomic mass is 10.1. The fourth-order valence-corrected chi connectivity index (χ4v) is 2.33. The van der Waals surface area contributed by atoms with Crippen molar-refractivity contribution in [2.75, 3.05) is 0 Å². The van der Waals surface area contributed by atoms with Gasteiger partial charge in [0.15, 0.2) is 6.10 Å². The zero-order valence-corrected chi connectivity index (χ0v) is 12.3. The van der Waals surface area contributed by atoms with E-state index in [1.165, 1.54) is 0 Å². The van der Waals surface area contributed by atoms with Crippen molar-refractivity contribution in [3.05, 3.63) is 71.8 Å². The van der Waals surface area contributed by atoms with Crippen LogP contribution in [0.4, 0.5) is 9.59 Å². The third kappa shape index (κ3) is 3.79. The first kappa shape index (κ1) is 14.9. The Morgan fingerprint density at radius 1 is 1.09 bits per heavy atom. The number of hydrogen-bond acceptors (Lipinski definition) is 4. The van der Waals surface area contributed by atoms with Crippen LogP contribution < -0.4 is 10.6 Å². The number of benzene rings is 2. The monoisotopic (exact) mass is 312 g/mol. The van der Waals surface area contributed by atoms with Crippen LogP contribution in [-0.2, 0) is 16.1 Å². The van der Waals surface area contributed by atoms with Gasteiger partial charge in [0.2, 0.25) is 0 Å². The van der Waals surface area contributed by atoms with E-state index in [2.05, 4.69) is 10.6 Å². The van der Waals surface area contributed by atoms with Crippen molar-refractivity contribution < 1.29 is 19.1 Å². The van der Waals surface area contributed by atoms with Crippen LogP contribution in [0.25, 0.3) is 0 Å². The Labute approximate surface area is 133 Å². The van der Waals surface area contributed by atoms with E-state index in [0.29, 0.717) is 0 Å². The average Bonchev–Trinajstić information content (AvgIpc) is 2.95. The minimum absolute atomic E-state index is 0.157. The molecule has 0 aliphatic carbocycles. The van der Waals surface area contributed by atoms with Crippen LogP contribution in [-0.4, -0.2) is 18.4 Å². The number of hydrogen-bond donors (Lipinski definition) is 2. The Hall–Kier alpha value is -3.02. The minimum atomic E-state index is -0.673. The molecule has 1 aliphatic rings. The van der Waals surface area contributed by atoms with Crippen molar-refractivity contribution >= 4 is 12.2 Å². The first-order chi connectivity index (χ1) is 11.2. The summed E-state index contributed by atoms with van der Waals surface area (Å²) < 4.78 is 10.4. The second kappa shape index (κ2) is 6.83. The Morgan fingerprint density at radius 2 is 1.74 bits per heavy atom. The number of amides is 2. The lowest BCUT2D eigenvalue weighted by Crippen LogP contribution is -2.45. The highest BCUT2D eigenvalue weighted by atomic mass is 16.6. The summed E-state index contributed by atoms with van der Waals surface area (Å²) in [5.41, 5.74) is 1.67. The Kier molecular flexibility index (Phi) is 4.42. The van der Waals surface area contributed by atoms with E-state index >= 15 is 0 Å². The smallest absolute Gasteiger partial charge is 0.409 e. The molecule has 0 spiro atoms. The molecule has 3 rings (SSSR count). The van der Waals surface area contributed by atoms with Gasteiger partial charge >= 0.3 is 12.2 Å². The molecule has 1 saturated heterocycles. The molecule has 2 aromatic rings. The molecular formula is C17H16N2O4. The molecule has 2 amide bonds. The van der Waals surface area contributed by atoms with Gasteiger partial charge in [-0.2, -0.15) is 0 Å². The molecule has 1 heterocycles. The second-order valence-corrected chi connectivity index (χ2v) is 5.06. The fourth-order valence-electron chi connectivity index (χ4n) is 2.33. The molecule has 2 N–H and O–H groups in total. The summed E-state index contributed by atoms with van der Waals surface area (Å²) in [4.78, 5) is 23.4. The summed E-state index contributed by atoms with van der Waals surface area (Å²) in [6.45, 7) is 0.157. The van der Waals surface area contributed by atoms with Crippen LogP contribution in [0.3, 0.4) is 0 Å². The minimum Gasteiger partial charge on any atom is -0.445 e. The largest absolute Gasteiger partial charge is 0.445 e. The van der Waals surface area contributed by atoms with Crippen LogP contribution >= 0.6 is 0 Å². The van der Waals surface area contributed by atoms with Gasteiger partial charge in [-0.1, -0.05) is 60.7 Å². The van der Waals surface area contributed by atoms with Gasteiger partial charge in [0.05, 0.1) is 0 Å². The topological polar surface area (TPSA) is 76.7 Å². The molecule has 0 aromatic heterocycles. The summed E-state index contributed by atoms with van der Waals surface area (Å²) in [5.74, 6) is 0. The lowest BCUT2D eigenvalue weighted by Gasteiger charge is -2.18. The highest BCUT2D eigenvalue weighted by molar-refractivity contribution is 5.73. The standard InChI is InChI=1S/C17H16N2O4/c20-16(22-11-12-7-3-1-4-8-12)18-15-14(23-17(21)19-15)13-9-5-2-6-10-13/h1-10,14-15H,11H2,(H,18,20)(H,19,21). The maximum absolute atomic E-state index is 11.9. The Balaban J connectivity index is 1.59. The molecule has 23 heavy (non-hydrogen) atoms. The summed E-state index contributed by atoms with van der Waals surface area (Å²) in [6.07, 6.45) is -2.46. The summed E-state index contributed by atoms with van der Waals surface area (Å²) in [6, 6.07) is 18.5. The molecule has 2 unspecified atom stereocenters. The number of cyclic esters (lactones) is 1. The van der Waals surface area contributed by atoms with Crippen molar-refractivity contribution in [3.8, 4) is 0 Å². The normalized spacial score (nSPS) is 19.6. The number of carbonyl (C=O) groups excluding carboxylic acids is 2. The molecule has 0 radical (unpaired) electrons. The predicted molar refractivity (Wildman–Crippen MR) is 82.4 cm³/mol. The number of carbonyl (C=O) groups is 2. The zero-order chi connectivity index (χ0) is 16.1. The van der Waals surface area contributed by atoms with E-state index in [1.807, 2.05) is 60.7 Å². The third-order valence-electron chi connectivity index (χ3n) is 3.42. The predicted octanol–water partition coefficient (Wildman–Crippen LogP) is 2.72. The van der Waals surface area contributed by atoms with Crippen LogP contribution in [0.2, 0.25) is 0 Å². The highest BCUT2D eigenvalue weighted by Gasteiger charge is 2.36. The van der Waals surface area contributed by atoms with Gasteiger partial charge in [-0.15, -0.1) is 0 Å². The molecule has 0 saturated carbocycles. The van der Waals surface area contributed by atoms with E-state index in [1.54, 1.807) is 0 Å². The van der Waals surface area contributed by atoms with Crippen molar-refractivity contribution in [1.29, 1.82) is 0 Å². The SMILES string of the molecule is O=C(NC1NC(=O)OC1c1ccccc1)OCc1ccccc1. The summed E-state index contributed by atoms with van der Waals surface area (Å²) in [7, 11) is 0. The summed E-state index contributed by atoms with van der Waals surface area (Å²) >= 11 is 0. The van der Waals surface area contributed by atoms with E-state index in [-0.39, 0.29) is 6.61 Å². The van der Waals surface area contributed by atoms with Gasteiger partial charge in [-0.05, 0) is 11.1 Å². The Morgan fingerprint density at radius 3 is 2.43 bits per heavy atom.